The number of nitrogens with one attached hydrogen (secondary N) is 1. The van der Waals surface area contributed by atoms with Crippen molar-refractivity contribution < 1.29 is 4.79 Å². The van der Waals surface area contributed by atoms with Crippen molar-refractivity contribution >= 4 is 17.5 Å². The van der Waals surface area contributed by atoms with Crippen molar-refractivity contribution in [3.05, 3.63) is 34.9 Å². The zero-order chi connectivity index (χ0) is 14.0. The van der Waals surface area contributed by atoms with Crippen molar-refractivity contribution in [2.75, 3.05) is 26.2 Å². The first-order valence-corrected chi connectivity index (χ1v) is 7.78. The normalized spacial score (nSPS) is 21.4. The number of benzene rings is 1. The number of amides is 1. The van der Waals surface area contributed by atoms with Crippen molar-refractivity contribution in [2.24, 2.45) is 5.41 Å². The molecule has 4 heteroatoms. The molecule has 2 heterocycles. The summed E-state index contributed by atoms with van der Waals surface area (Å²) in [5, 5.41) is 4.17. The number of carbonyl (C=O) groups excluding carboxylic acids is 1. The van der Waals surface area contributed by atoms with Crippen molar-refractivity contribution in [1.29, 1.82) is 0 Å². The Morgan fingerprint density at radius 1 is 1.20 bits per heavy atom. The lowest BCUT2D eigenvalue weighted by molar-refractivity contribution is -0.132. The van der Waals surface area contributed by atoms with Crippen LogP contribution in [0.1, 0.15) is 24.8 Å². The van der Waals surface area contributed by atoms with Crippen LogP contribution in [0.4, 0.5) is 0 Å². The first-order chi connectivity index (χ1) is 9.67. The molecule has 108 valence electrons. The van der Waals surface area contributed by atoms with E-state index in [-0.39, 0.29) is 5.91 Å². The Bertz CT molecular complexity index is 470. The molecule has 3 rings (SSSR count). The standard InChI is InChI=1S/C16H21ClN2O/c17-14-3-1-13(2-4-14)11-15(20)19-9-6-16(7-10-19)5-8-18-12-16/h1-4,18H,5-12H2. The maximum absolute atomic E-state index is 12.3. The minimum Gasteiger partial charge on any atom is -0.342 e. The average Bonchev–Trinajstić information content (AvgIpc) is 2.90. The van der Waals surface area contributed by atoms with Crippen LogP contribution >= 0.6 is 11.6 Å². The molecule has 2 aliphatic heterocycles. The van der Waals surface area contributed by atoms with Gasteiger partial charge in [-0.3, -0.25) is 4.79 Å². The minimum atomic E-state index is 0.244. The van der Waals surface area contributed by atoms with Gasteiger partial charge in [-0.1, -0.05) is 23.7 Å². The van der Waals surface area contributed by atoms with E-state index >= 15 is 0 Å². The largest absolute Gasteiger partial charge is 0.342 e. The Labute approximate surface area is 125 Å². The van der Waals surface area contributed by atoms with E-state index in [1.54, 1.807) is 0 Å². The summed E-state index contributed by atoms with van der Waals surface area (Å²) in [5.74, 6) is 0.244. The second-order valence-corrected chi connectivity index (χ2v) is 6.55. The molecular formula is C16H21ClN2O. The highest BCUT2D eigenvalue weighted by atomic mass is 35.5. The molecule has 0 aromatic heterocycles. The third-order valence-corrected chi connectivity index (χ3v) is 5.03. The molecule has 2 fully saturated rings. The van der Waals surface area contributed by atoms with Crippen molar-refractivity contribution in [2.45, 2.75) is 25.7 Å². The quantitative estimate of drug-likeness (QED) is 0.908. The summed E-state index contributed by atoms with van der Waals surface area (Å²) in [7, 11) is 0. The van der Waals surface area contributed by atoms with E-state index < -0.39 is 0 Å². The Kier molecular flexibility index (Phi) is 3.99. The van der Waals surface area contributed by atoms with Gasteiger partial charge in [0.1, 0.15) is 0 Å². The predicted molar refractivity (Wildman–Crippen MR) is 80.9 cm³/mol. The smallest absolute Gasteiger partial charge is 0.226 e. The molecule has 0 radical (unpaired) electrons. The van der Waals surface area contributed by atoms with Gasteiger partial charge in [0.2, 0.25) is 5.91 Å². The number of rotatable bonds is 2. The van der Waals surface area contributed by atoms with Crippen molar-refractivity contribution in [3.63, 3.8) is 0 Å². The highest BCUT2D eigenvalue weighted by molar-refractivity contribution is 6.30. The molecule has 3 nitrogen and oxygen atoms in total. The van der Waals surface area contributed by atoms with Crippen LogP contribution in [0.5, 0.6) is 0 Å². The molecule has 1 N–H and O–H groups in total. The van der Waals surface area contributed by atoms with E-state index in [2.05, 4.69) is 5.32 Å². The number of hydrogen-bond acceptors (Lipinski definition) is 2. The molecule has 1 amide bonds. The molecule has 1 aromatic carbocycles. The number of halogens is 1. The molecule has 1 spiro atoms. The Balaban J connectivity index is 1.55. The van der Waals surface area contributed by atoms with E-state index in [9.17, 15) is 4.79 Å². The zero-order valence-corrected chi connectivity index (χ0v) is 12.5. The summed E-state index contributed by atoms with van der Waals surface area (Å²) in [6.07, 6.45) is 4.05. The van der Waals surface area contributed by atoms with Crippen molar-refractivity contribution in [3.8, 4) is 0 Å². The molecule has 1 aromatic rings. The predicted octanol–water partition coefficient (Wildman–Crippen LogP) is 2.48. The molecule has 2 saturated heterocycles. The van der Waals surface area contributed by atoms with Gasteiger partial charge in [0, 0.05) is 24.7 Å². The van der Waals surface area contributed by atoms with Crippen LogP contribution in [0.3, 0.4) is 0 Å². The van der Waals surface area contributed by atoms with E-state index in [0.717, 1.165) is 49.6 Å². The van der Waals surface area contributed by atoms with Crippen LogP contribution in [0, 0.1) is 5.41 Å². The van der Waals surface area contributed by atoms with Crippen molar-refractivity contribution in [1.82, 2.24) is 10.2 Å². The molecule has 20 heavy (non-hydrogen) atoms. The lowest BCUT2D eigenvalue weighted by Gasteiger charge is -2.39. The molecule has 0 unspecified atom stereocenters. The lowest BCUT2D eigenvalue weighted by atomic mass is 9.78. The molecule has 0 bridgehead atoms. The van der Waals surface area contributed by atoms with Gasteiger partial charge < -0.3 is 10.2 Å². The van der Waals surface area contributed by atoms with Gasteiger partial charge in [-0.25, -0.2) is 0 Å². The highest BCUT2D eigenvalue weighted by Crippen LogP contribution is 2.36. The molecule has 0 aliphatic carbocycles. The van der Waals surface area contributed by atoms with Crippen LogP contribution < -0.4 is 5.32 Å². The van der Waals surface area contributed by atoms with Gasteiger partial charge in [-0.05, 0) is 48.9 Å². The summed E-state index contributed by atoms with van der Waals surface area (Å²) in [6.45, 7) is 4.09. The monoisotopic (exact) mass is 292 g/mol. The van der Waals surface area contributed by atoms with Crippen LogP contribution in [-0.4, -0.2) is 37.0 Å². The van der Waals surface area contributed by atoms with E-state index in [4.69, 9.17) is 11.6 Å². The minimum absolute atomic E-state index is 0.244. The van der Waals surface area contributed by atoms with Gasteiger partial charge in [0.15, 0.2) is 0 Å². The molecule has 0 atom stereocenters. The Morgan fingerprint density at radius 2 is 1.90 bits per heavy atom. The fourth-order valence-electron chi connectivity index (χ4n) is 3.34. The van der Waals surface area contributed by atoms with Crippen LogP contribution in [-0.2, 0) is 11.2 Å². The number of piperidine rings is 1. The number of hydrogen-bond donors (Lipinski definition) is 1. The van der Waals surface area contributed by atoms with E-state index in [1.165, 1.54) is 6.42 Å². The molecule has 2 aliphatic rings. The SMILES string of the molecule is O=C(Cc1ccc(Cl)cc1)N1CCC2(CCNC2)CC1. The topological polar surface area (TPSA) is 32.3 Å². The van der Waals surface area contributed by atoms with Gasteiger partial charge in [0.25, 0.3) is 0 Å². The van der Waals surface area contributed by atoms with Gasteiger partial charge in [-0.2, -0.15) is 0 Å². The van der Waals surface area contributed by atoms with Crippen LogP contribution in [0.25, 0.3) is 0 Å². The molecular weight excluding hydrogens is 272 g/mol. The molecule has 0 saturated carbocycles. The summed E-state index contributed by atoms with van der Waals surface area (Å²) in [6, 6.07) is 7.57. The fourth-order valence-corrected chi connectivity index (χ4v) is 3.47. The first kappa shape index (κ1) is 13.9. The zero-order valence-electron chi connectivity index (χ0n) is 11.7. The van der Waals surface area contributed by atoms with E-state index in [1.807, 2.05) is 29.2 Å². The second kappa shape index (κ2) is 5.74. The Hall–Kier alpha value is -1.06. The maximum Gasteiger partial charge on any atom is 0.226 e. The fraction of sp³-hybridized carbons (Fsp3) is 0.562. The van der Waals surface area contributed by atoms with Gasteiger partial charge in [0.05, 0.1) is 6.42 Å². The summed E-state index contributed by atoms with van der Waals surface area (Å²) in [5.41, 5.74) is 1.51. The van der Waals surface area contributed by atoms with Gasteiger partial charge in [-0.15, -0.1) is 0 Å². The van der Waals surface area contributed by atoms with Gasteiger partial charge >= 0.3 is 0 Å². The average molecular weight is 293 g/mol. The van der Waals surface area contributed by atoms with E-state index in [0.29, 0.717) is 11.8 Å². The number of carbonyl (C=O) groups is 1. The summed E-state index contributed by atoms with van der Waals surface area (Å²) in [4.78, 5) is 14.4. The first-order valence-electron chi connectivity index (χ1n) is 7.40. The summed E-state index contributed by atoms with van der Waals surface area (Å²) < 4.78 is 0. The maximum atomic E-state index is 12.3. The Morgan fingerprint density at radius 3 is 2.50 bits per heavy atom. The number of likely N-dealkylation sites (tertiary alicyclic amines) is 1. The highest BCUT2D eigenvalue weighted by Gasteiger charge is 2.37. The van der Waals surface area contributed by atoms with Crippen LogP contribution in [0.2, 0.25) is 5.02 Å². The van der Waals surface area contributed by atoms with Crippen LogP contribution in [0.15, 0.2) is 24.3 Å². The number of nitrogens with zero attached hydrogens (tertiary/aromatic N) is 1. The third-order valence-electron chi connectivity index (χ3n) is 4.78. The third kappa shape index (κ3) is 2.99. The lowest BCUT2D eigenvalue weighted by Crippen LogP contribution is -2.44. The summed E-state index contributed by atoms with van der Waals surface area (Å²) >= 11 is 5.86. The second-order valence-electron chi connectivity index (χ2n) is 6.11.